The number of nitrogens with two attached hydrogens (primary N) is 1. The lowest BCUT2D eigenvalue weighted by Gasteiger charge is -2.32. The first-order valence-corrected chi connectivity index (χ1v) is 6.98. The van der Waals surface area contributed by atoms with Crippen LogP contribution in [0.4, 0.5) is 24.5 Å². The zero-order valence-corrected chi connectivity index (χ0v) is 12.1. The summed E-state index contributed by atoms with van der Waals surface area (Å²) in [7, 11) is 2.07. The summed E-state index contributed by atoms with van der Waals surface area (Å²) in [6, 6.07) is 3.84. The predicted octanol–water partition coefficient (Wildman–Crippen LogP) is 1.95. The molecule has 1 aliphatic heterocycles. The van der Waals surface area contributed by atoms with Gasteiger partial charge in [-0.3, -0.25) is 4.90 Å². The van der Waals surface area contributed by atoms with E-state index in [2.05, 4.69) is 22.2 Å². The number of hydrogen-bond acceptors (Lipinski definition) is 4. The van der Waals surface area contributed by atoms with Gasteiger partial charge in [0.2, 0.25) is 0 Å². The number of nitrogens with zero attached hydrogens (tertiary/aromatic N) is 2. The predicted molar refractivity (Wildman–Crippen MR) is 78.3 cm³/mol. The van der Waals surface area contributed by atoms with Crippen LogP contribution in [0.2, 0.25) is 0 Å². The molecule has 4 nitrogen and oxygen atoms in total. The SMILES string of the molecule is CN1CCN(CCNc2ccc(N)cc2C(F)(F)F)CC1. The van der Waals surface area contributed by atoms with Crippen LogP contribution in [0.1, 0.15) is 5.56 Å². The minimum Gasteiger partial charge on any atom is -0.399 e. The highest BCUT2D eigenvalue weighted by Crippen LogP contribution is 2.35. The van der Waals surface area contributed by atoms with Gasteiger partial charge in [0.1, 0.15) is 0 Å². The van der Waals surface area contributed by atoms with Crippen molar-refractivity contribution in [1.82, 2.24) is 9.80 Å². The maximum Gasteiger partial charge on any atom is 0.418 e. The van der Waals surface area contributed by atoms with Crippen molar-refractivity contribution >= 4 is 11.4 Å². The lowest BCUT2D eigenvalue weighted by molar-refractivity contribution is -0.136. The zero-order valence-electron chi connectivity index (χ0n) is 12.1. The quantitative estimate of drug-likeness (QED) is 0.835. The van der Waals surface area contributed by atoms with E-state index in [1.54, 1.807) is 0 Å². The Balaban J connectivity index is 1.91. The molecule has 7 heteroatoms. The van der Waals surface area contributed by atoms with Crippen LogP contribution in [0.5, 0.6) is 0 Å². The van der Waals surface area contributed by atoms with Gasteiger partial charge in [-0.15, -0.1) is 0 Å². The Morgan fingerprint density at radius 1 is 1.19 bits per heavy atom. The van der Waals surface area contributed by atoms with Crippen molar-refractivity contribution in [2.45, 2.75) is 6.18 Å². The van der Waals surface area contributed by atoms with E-state index in [1.165, 1.54) is 12.1 Å². The zero-order chi connectivity index (χ0) is 15.5. The first-order valence-electron chi connectivity index (χ1n) is 6.98. The second kappa shape index (κ2) is 6.53. The topological polar surface area (TPSA) is 44.5 Å². The molecule has 0 bridgehead atoms. The van der Waals surface area contributed by atoms with Crippen LogP contribution in [0, 0.1) is 0 Å². The second-order valence-corrected chi connectivity index (χ2v) is 5.37. The Labute approximate surface area is 122 Å². The highest BCUT2D eigenvalue weighted by Gasteiger charge is 2.33. The maximum absolute atomic E-state index is 12.9. The lowest BCUT2D eigenvalue weighted by Crippen LogP contribution is -2.45. The number of halogens is 3. The van der Waals surface area contributed by atoms with Crippen LogP contribution in [0.15, 0.2) is 18.2 Å². The summed E-state index contributed by atoms with van der Waals surface area (Å²) in [4.78, 5) is 4.49. The monoisotopic (exact) mass is 302 g/mol. The number of nitrogen functional groups attached to an aromatic ring is 1. The van der Waals surface area contributed by atoms with E-state index in [0.717, 1.165) is 38.8 Å². The molecule has 0 saturated carbocycles. The molecule has 3 N–H and O–H groups in total. The molecular weight excluding hydrogens is 281 g/mol. The van der Waals surface area contributed by atoms with E-state index >= 15 is 0 Å². The highest BCUT2D eigenvalue weighted by atomic mass is 19.4. The molecule has 0 spiro atoms. The molecule has 0 aliphatic carbocycles. The molecular formula is C14H21F3N4. The number of likely N-dealkylation sites (N-methyl/N-ethyl adjacent to an activating group) is 1. The van der Waals surface area contributed by atoms with Crippen molar-refractivity contribution in [2.24, 2.45) is 0 Å². The van der Waals surface area contributed by atoms with E-state index in [4.69, 9.17) is 5.73 Å². The smallest absolute Gasteiger partial charge is 0.399 e. The fourth-order valence-electron chi connectivity index (χ4n) is 2.37. The van der Waals surface area contributed by atoms with Crippen LogP contribution in [-0.4, -0.2) is 56.1 Å². The van der Waals surface area contributed by atoms with E-state index < -0.39 is 11.7 Å². The Kier molecular flexibility index (Phi) is 4.95. The number of rotatable bonds is 4. The average Bonchev–Trinajstić information content (AvgIpc) is 2.41. The largest absolute Gasteiger partial charge is 0.418 e. The number of piperazine rings is 1. The van der Waals surface area contributed by atoms with E-state index in [1.807, 2.05) is 0 Å². The number of anilines is 2. The van der Waals surface area contributed by atoms with Gasteiger partial charge in [0.05, 0.1) is 5.56 Å². The van der Waals surface area contributed by atoms with Crippen molar-refractivity contribution in [3.63, 3.8) is 0 Å². The number of hydrogen-bond donors (Lipinski definition) is 2. The molecule has 1 heterocycles. The summed E-state index contributed by atoms with van der Waals surface area (Å²) in [5, 5.41) is 2.87. The van der Waals surface area contributed by atoms with Crippen LogP contribution in [0.25, 0.3) is 0 Å². The van der Waals surface area contributed by atoms with Crippen molar-refractivity contribution < 1.29 is 13.2 Å². The Bertz CT molecular complexity index is 468. The summed E-state index contributed by atoms with van der Waals surface area (Å²) in [5.41, 5.74) is 4.94. The van der Waals surface area contributed by atoms with Crippen molar-refractivity contribution in [1.29, 1.82) is 0 Å². The van der Waals surface area contributed by atoms with Gasteiger partial charge in [-0.2, -0.15) is 13.2 Å². The van der Waals surface area contributed by atoms with E-state index in [-0.39, 0.29) is 11.4 Å². The molecule has 2 rings (SSSR count). The van der Waals surface area contributed by atoms with Gasteiger partial charge in [0, 0.05) is 50.6 Å². The molecule has 0 amide bonds. The third-order valence-electron chi connectivity index (χ3n) is 3.69. The average molecular weight is 302 g/mol. The van der Waals surface area contributed by atoms with Crippen LogP contribution in [-0.2, 0) is 6.18 Å². The van der Waals surface area contributed by atoms with Crippen molar-refractivity contribution in [3.8, 4) is 0 Å². The molecule has 1 aliphatic rings. The maximum atomic E-state index is 12.9. The van der Waals surface area contributed by atoms with Crippen LogP contribution in [0.3, 0.4) is 0 Å². The lowest BCUT2D eigenvalue weighted by atomic mass is 10.1. The third-order valence-corrected chi connectivity index (χ3v) is 3.69. The number of alkyl halides is 3. The van der Waals surface area contributed by atoms with Crippen LogP contribution < -0.4 is 11.1 Å². The third kappa shape index (κ3) is 4.50. The number of nitrogens with one attached hydrogen (secondary N) is 1. The molecule has 0 radical (unpaired) electrons. The molecule has 1 aromatic rings. The van der Waals surface area contributed by atoms with E-state index in [0.29, 0.717) is 6.54 Å². The highest BCUT2D eigenvalue weighted by molar-refractivity contribution is 5.59. The molecule has 1 aromatic carbocycles. The Hall–Kier alpha value is -1.47. The van der Waals surface area contributed by atoms with Gasteiger partial charge in [0.25, 0.3) is 0 Å². The minimum absolute atomic E-state index is 0.0887. The van der Waals surface area contributed by atoms with Crippen molar-refractivity contribution in [2.75, 3.05) is 57.4 Å². The van der Waals surface area contributed by atoms with E-state index in [9.17, 15) is 13.2 Å². The summed E-state index contributed by atoms with van der Waals surface area (Å²) >= 11 is 0. The fourth-order valence-corrected chi connectivity index (χ4v) is 2.37. The standard InChI is InChI=1S/C14H21F3N4/c1-20-6-8-21(9-7-20)5-4-19-13-3-2-11(18)10-12(13)14(15,16)17/h2-3,10,19H,4-9,18H2,1H3. The molecule has 1 saturated heterocycles. The summed E-state index contributed by atoms with van der Waals surface area (Å²) < 4.78 is 38.8. The van der Waals surface area contributed by atoms with Crippen LogP contribution >= 0.6 is 0 Å². The van der Waals surface area contributed by atoms with Gasteiger partial charge in [-0.05, 0) is 25.2 Å². The molecule has 0 unspecified atom stereocenters. The minimum atomic E-state index is -4.40. The molecule has 118 valence electrons. The summed E-state index contributed by atoms with van der Waals surface area (Å²) in [6.07, 6.45) is -4.40. The molecule has 21 heavy (non-hydrogen) atoms. The molecule has 1 fully saturated rings. The number of benzene rings is 1. The van der Waals surface area contributed by atoms with Crippen molar-refractivity contribution in [3.05, 3.63) is 23.8 Å². The Morgan fingerprint density at radius 3 is 2.48 bits per heavy atom. The Morgan fingerprint density at radius 2 is 1.86 bits per heavy atom. The van der Waals surface area contributed by atoms with Gasteiger partial charge < -0.3 is 16.0 Å². The fraction of sp³-hybridized carbons (Fsp3) is 0.571. The summed E-state index contributed by atoms with van der Waals surface area (Å²) in [6.45, 7) is 5.11. The van der Waals surface area contributed by atoms with Gasteiger partial charge in [-0.25, -0.2) is 0 Å². The molecule has 0 atom stereocenters. The molecule has 0 aromatic heterocycles. The van der Waals surface area contributed by atoms with Gasteiger partial charge in [0.15, 0.2) is 0 Å². The van der Waals surface area contributed by atoms with Gasteiger partial charge >= 0.3 is 6.18 Å². The first-order chi connectivity index (χ1) is 9.86. The first kappa shape index (κ1) is 15.9. The normalized spacial score (nSPS) is 17.9. The second-order valence-electron chi connectivity index (χ2n) is 5.37. The summed E-state index contributed by atoms with van der Waals surface area (Å²) in [5.74, 6) is 0. The van der Waals surface area contributed by atoms with Gasteiger partial charge in [-0.1, -0.05) is 0 Å².